The van der Waals surface area contributed by atoms with E-state index in [0.717, 1.165) is 15.2 Å². The summed E-state index contributed by atoms with van der Waals surface area (Å²) in [7, 11) is 0. The van der Waals surface area contributed by atoms with E-state index in [1.54, 1.807) is 0 Å². The monoisotopic (exact) mass is 409 g/mol. The van der Waals surface area contributed by atoms with Crippen molar-refractivity contribution in [3.8, 4) is 11.5 Å². The van der Waals surface area contributed by atoms with Crippen LogP contribution >= 0.6 is 31.9 Å². The van der Waals surface area contributed by atoms with Crippen LogP contribution < -0.4 is 10.5 Å². The number of hydrogen-bond acceptors (Lipinski definition) is 2. The maximum atomic E-state index is 13.4. The van der Waals surface area contributed by atoms with E-state index in [0.29, 0.717) is 16.0 Å². The van der Waals surface area contributed by atoms with E-state index in [9.17, 15) is 4.39 Å². The Morgan fingerprint density at radius 2 is 1.71 bits per heavy atom. The lowest BCUT2D eigenvalue weighted by Crippen LogP contribution is -1.94. The van der Waals surface area contributed by atoms with Crippen molar-refractivity contribution in [2.45, 2.75) is 0 Å². The molecule has 0 bridgehead atoms. The fourth-order valence-electron chi connectivity index (χ4n) is 2.04. The SMILES string of the molecule is Nc1cc(F)c(Br)cc1Oc1ccc2ccccc2c1Br. The summed E-state index contributed by atoms with van der Waals surface area (Å²) >= 11 is 6.67. The van der Waals surface area contributed by atoms with E-state index in [-0.39, 0.29) is 5.69 Å². The largest absolute Gasteiger partial charge is 0.454 e. The Morgan fingerprint density at radius 3 is 2.52 bits per heavy atom. The molecule has 0 saturated heterocycles. The van der Waals surface area contributed by atoms with E-state index in [1.807, 2.05) is 36.4 Å². The number of benzene rings is 3. The Balaban J connectivity index is 2.06. The Morgan fingerprint density at radius 1 is 0.952 bits per heavy atom. The summed E-state index contributed by atoms with van der Waals surface area (Å²) in [6.07, 6.45) is 0. The smallest absolute Gasteiger partial charge is 0.151 e. The summed E-state index contributed by atoms with van der Waals surface area (Å²) in [4.78, 5) is 0. The number of halogens is 3. The molecule has 0 heterocycles. The second-order valence-corrected chi connectivity index (χ2v) is 6.15. The first-order chi connectivity index (χ1) is 10.1. The van der Waals surface area contributed by atoms with Crippen LogP contribution in [0.3, 0.4) is 0 Å². The predicted molar refractivity (Wildman–Crippen MR) is 90.2 cm³/mol. The normalized spacial score (nSPS) is 10.8. The minimum Gasteiger partial charge on any atom is -0.454 e. The number of fused-ring (bicyclic) bond motifs is 1. The topological polar surface area (TPSA) is 35.2 Å². The molecule has 21 heavy (non-hydrogen) atoms. The van der Waals surface area contributed by atoms with Crippen LogP contribution in [0.5, 0.6) is 11.5 Å². The molecule has 0 atom stereocenters. The predicted octanol–water partition coefficient (Wildman–Crippen LogP) is 5.88. The number of rotatable bonds is 2. The maximum absolute atomic E-state index is 13.4. The number of hydrogen-bond donors (Lipinski definition) is 1. The number of nitrogen functional groups attached to an aromatic ring is 1. The van der Waals surface area contributed by atoms with Gasteiger partial charge in [0.05, 0.1) is 14.6 Å². The third kappa shape index (κ3) is 2.76. The average molecular weight is 411 g/mol. The van der Waals surface area contributed by atoms with Gasteiger partial charge in [-0.2, -0.15) is 0 Å². The zero-order chi connectivity index (χ0) is 15.0. The van der Waals surface area contributed by atoms with Crippen molar-refractivity contribution in [2.75, 3.05) is 5.73 Å². The fraction of sp³-hybridized carbons (Fsp3) is 0. The van der Waals surface area contributed by atoms with E-state index in [2.05, 4.69) is 31.9 Å². The lowest BCUT2D eigenvalue weighted by molar-refractivity contribution is 0.480. The van der Waals surface area contributed by atoms with Gasteiger partial charge in [0.1, 0.15) is 11.6 Å². The van der Waals surface area contributed by atoms with Crippen molar-refractivity contribution in [3.05, 3.63) is 63.3 Å². The molecular formula is C16H10Br2FNO. The standard InChI is InChI=1S/C16H10Br2FNO/c17-11-7-15(13(20)8-12(11)19)21-14-6-5-9-3-1-2-4-10(9)16(14)18/h1-8H,20H2. The molecule has 106 valence electrons. The lowest BCUT2D eigenvalue weighted by Gasteiger charge is -2.12. The third-order valence-electron chi connectivity index (χ3n) is 3.10. The number of anilines is 1. The van der Waals surface area contributed by atoms with Gasteiger partial charge in [0, 0.05) is 12.1 Å². The first-order valence-corrected chi connectivity index (χ1v) is 7.74. The summed E-state index contributed by atoms with van der Waals surface area (Å²) in [5.41, 5.74) is 6.05. The molecule has 0 aromatic heterocycles. The molecule has 0 aliphatic carbocycles. The van der Waals surface area contributed by atoms with Crippen molar-refractivity contribution in [1.82, 2.24) is 0 Å². The van der Waals surface area contributed by atoms with Gasteiger partial charge >= 0.3 is 0 Å². The van der Waals surface area contributed by atoms with Crippen molar-refractivity contribution in [1.29, 1.82) is 0 Å². The van der Waals surface area contributed by atoms with Crippen LogP contribution in [0.1, 0.15) is 0 Å². The highest BCUT2D eigenvalue weighted by Gasteiger charge is 2.11. The van der Waals surface area contributed by atoms with E-state index in [4.69, 9.17) is 10.5 Å². The second kappa shape index (κ2) is 5.66. The second-order valence-electron chi connectivity index (χ2n) is 4.51. The van der Waals surface area contributed by atoms with Gasteiger partial charge in [0.15, 0.2) is 5.75 Å². The van der Waals surface area contributed by atoms with Crippen LogP contribution in [0.15, 0.2) is 57.5 Å². The third-order valence-corrected chi connectivity index (χ3v) is 4.53. The van der Waals surface area contributed by atoms with Gasteiger partial charge in [-0.1, -0.05) is 30.3 Å². The Hall–Kier alpha value is -1.59. The van der Waals surface area contributed by atoms with Gasteiger partial charge in [-0.05, 0) is 48.7 Å². The number of nitrogens with two attached hydrogens (primary N) is 1. The van der Waals surface area contributed by atoms with E-state index in [1.165, 1.54) is 12.1 Å². The van der Waals surface area contributed by atoms with Gasteiger partial charge in [0.25, 0.3) is 0 Å². The minimum absolute atomic E-state index is 0.246. The molecule has 5 heteroatoms. The van der Waals surface area contributed by atoms with Crippen LogP contribution in [0.4, 0.5) is 10.1 Å². The molecule has 2 N–H and O–H groups in total. The summed E-state index contributed by atoms with van der Waals surface area (Å²) in [5.74, 6) is 0.607. The van der Waals surface area contributed by atoms with Crippen LogP contribution in [-0.4, -0.2) is 0 Å². The molecule has 0 fully saturated rings. The molecular weight excluding hydrogens is 401 g/mol. The van der Waals surface area contributed by atoms with Crippen LogP contribution in [0, 0.1) is 5.82 Å². The molecule has 0 spiro atoms. The average Bonchev–Trinajstić information content (AvgIpc) is 2.48. The Kier molecular flexibility index (Phi) is 3.87. The fourth-order valence-corrected chi connectivity index (χ4v) is 2.94. The van der Waals surface area contributed by atoms with Crippen LogP contribution in [0.2, 0.25) is 0 Å². The zero-order valence-corrected chi connectivity index (χ0v) is 13.9. The minimum atomic E-state index is -0.419. The molecule has 0 radical (unpaired) electrons. The molecule has 3 rings (SSSR count). The summed E-state index contributed by atoms with van der Waals surface area (Å²) in [5, 5.41) is 2.14. The molecule has 2 nitrogen and oxygen atoms in total. The molecule has 0 saturated carbocycles. The summed E-state index contributed by atoms with van der Waals surface area (Å²) in [6, 6.07) is 14.5. The van der Waals surface area contributed by atoms with Gasteiger partial charge in [-0.25, -0.2) is 4.39 Å². The zero-order valence-electron chi connectivity index (χ0n) is 10.7. The van der Waals surface area contributed by atoms with Crippen molar-refractivity contribution >= 4 is 48.3 Å². The Bertz CT molecular complexity index is 836. The molecule has 3 aromatic carbocycles. The summed E-state index contributed by atoms with van der Waals surface area (Å²) in [6.45, 7) is 0. The van der Waals surface area contributed by atoms with Gasteiger partial charge in [-0.3, -0.25) is 0 Å². The highest BCUT2D eigenvalue weighted by atomic mass is 79.9. The molecule has 3 aromatic rings. The maximum Gasteiger partial charge on any atom is 0.151 e. The van der Waals surface area contributed by atoms with Crippen molar-refractivity contribution < 1.29 is 9.13 Å². The van der Waals surface area contributed by atoms with Gasteiger partial charge in [0.2, 0.25) is 0 Å². The Labute approximate surface area is 138 Å². The molecule has 0 unspecified atom stereocenters. The van der Waals surface area contributed by atoms with Crippen molar-refractivity contribution in [3.63, 3.8) is 0 Å². The number of ether oxygens (including phenoxy) is 1. The highest BCUT2D eigenvalue weighted by molar-refractivity contribution is 9.11. The quantitative estimate of drug-likeness (QED) is 0.535. The first kappa shape index (κ1) is 14.4. The molecule has 0 aliphatic rings. The summed E-state index contributed by atoms with van der Waals surface area (Å²) < 4.78 is 20.4. The van der Waals surface area contributed by atoms with E-state index >= 15 is 0 Å². The lowest BCUT2D eigenvalue weighted by atomic mass is 10.1. The van der Waals surface area contributed by atoms with Crippen LogP contribution in [-0.2, 0) is 0 Å². The van der Waals surface area contributed by atoms with Gasteiger partial charge < -0.3 is 10.5 Å². The molecule has 0 amide bonds. The van der Waals surface area contributed by atoms with Crippen molar-refractivity contribution in [2.24, 2.45) is 0 Å². The molecule has 0 aliphatic heterocycles. The van der Waals surface area contributed by atoms with Crippen LogP contribution in [0.25, 0.3) is 10.8 Å². The first-order valence-electron chi connectivity index (χ1n) is 6.16. The highest BCUT2D eigenvalue weighted by Crippen LogP contribution is 2.38. The van der Waals surface area contributed by atoms with E-state index < -0.39 is 5.82 Å². The van der Waals surface area contributed by atoms with Gasteiger partial charge in [-0.15, -0.1) is 0 Å².